The number of carbonyl (C=O) groups excluding carboxylic acids is 1. The van der Waals surface area contributed by atoms with Crippen LogP contribution >= 0.6 is 11.6 Å². The standard InChI is InChI=1S/C15H16ClN3O3/c16-11-3-1-10(2-4-11)14-13(6-7-21-14)18-15(20)17-9-12-5-8-22-19-12/h1-5,8,13-14H,6-7,9H2,(H2,17,18,20)/t13-,14+/m1/s1. The number of carbonyl (C=O) groups is 1. The van der Waals surface area contributed by atoms with E-state index in [9.17, 15) is 4.79 Å². The van der Waals surface area contributed by atoms with Crippen molar-refractivity contribution in [3.63, 3.8) is 0 Å². The SMILES string of the molecule is O=C(NCc1ccon1)N[C@@H]1CCO[C@H]1c1ccc(Cl)cc1. The van der Waals surface area contributed by atoms with Gasteiger partial charge in [0, 0.05) is 17.7 Å². The molecule has 0 unspecified atom stereocenters. The molecule has 1 aromatic heterocycles. The molecular weight excluding hydrogens is 306 g/mol. The van der Waals surface area contributed by atoms with Crippen molar-refractivity contribution in [2.24, 2.45) is 0 Å². The molecule has 1 saturated heterocycles. The third-order valence-electron chi connectivity index (χ3n) is 3.53. The van der Waals surface area contributed by atoms with Crippen LogP contribution < -0.4 is 10.6 Å². The largest absolute Gasteiger partial charge is 0.371 e. The average molecular weight is 322 g/mol. The monoisotopic (exact) mass is 321 g/mol. The molecule has 22 heavy (non-hydrogen) atoms. The number of hydrogen-bond donors (Lipinski definition) is 2. The lowest BCUT2D eigenvalue weighted by Gasteiger charge is -2.20. The highest BCUT2D eigenvalue weighted by Crippen LogP contribution is 2.29. The quantitative estimate of drug-likeness (QED) is 0.907. The summed E-state index contributed by atoms with van der Waals surface area (Å²) in [4.78, 5) is 12.0. The topological polar surface area (TPSA) is 76.4 Å². The minimum absolute atomic E-state index is 0.0708. The van der Waals surface area contributed by atoms with Crippen molar-refractivity contribution < 1.29 is 14.1 Å². The molecule has 0 saturated carbocycles. The highest BCUT2D eigenvalue weighted by Gasteiger charge is 2.30. The van der Waals surface area contributed by atoms with Gasteiger partial charge < -0.3 is 19.9 Å². The van der Waals surface area contributed by atoms with E-state index in [1.807, 2.05) is 24.3 Å². The second kappa shape index (κ2) is 6.81. The molecule has 2 N–H and O–H groups in total. The van der Waals surface area contributed by atoms with Crippen molar-refractivity contribution in [3.05, 3.63) is 52.9 Å². The summed E-state index contributed by atoms with van der Waals surface area (Å²) >= 11 is 5.90. The van der Waals surface area contributed by atoms with Crippen LogP contribution in [-0.2, 0) is 11.3 Å². The van der Waals surface area contributed by atoms with Crippen molar-refractivity contribution in [2.45, 2.75) is 25.1 Å². The Bertz CT molecular complexity index is 615. The molecule has 7 heteroatoms. The number of aromatic nitrogens is 1. The summed E-state index contributed by atoms with van der Waals surface area (Å²) in [5.74, 6) is 0. The molecule has 0 radical (unpaired) electrons. The van der Waals surface area contributed by atoms with E-state index in [2.05, 4.69) is 15.8 Å². The van der Waals surface area contributed by atoms with E-state index in [1.54, 1.807) is 6.07 Å². The van der Waals surface area contributed by atoms with E-state index in [4.69, 9.17) is 20.9 Å². The van der Waals surface area contributed by atoms with E-state index in [0.29, 0.717) is 23.9 Å². The molecule has 1 aliphatic rings. The van der Waals surface area contributed by atoms with Crippen LogP contribution in [0.15, 0.2) is 41.1 Å². The Labute approximate surface area is 132 Å². The van der Waals surface area contributed by atoms with E-state index in [1.165, 1.54) is 6.26 Å². The minimum atomic E-state index is -0.252. The van der Waals surface area contributed by atoms with E-state index in [0.717, 1.165) is 12.0 Å². The van der Waals surface area contributed by atoms with Gasteiger partial charge in [0.15, 0.2) is 0 Å². The van der Waals surface area contributed by atoms with Crippen molar-refractivity contribution in [1.29, 1.82) is 0 Å². The Morgan fingerprint density at radius 1 is 1.32 bits per heavy atom. The van der Waals surface area contributed by atoms with Crippen LogP contribution in [0, 0.1) is 0 Å². The number of amides is 2. The minimum Gasteiger partial charge on any atom is -0.371 e. The Kier molecular flexibility index (Phi) is 4.60. The molecular formula is C15H16ClN3O3. The number of hydrogen-bond acceptors (Lipinski definition) is 4. The van der Waals surface area contributed by atoms with Crippen LogP contribution in [-0.4, -0.2) is 23.8 Å². The molecule has 0 spiro atoms. The van der Waals surface area contributed by atoms with Gasteiger partial charge in [-0.3, -0.25) is 0 Å². The lowest BCUT2D eigenvalue weighted by Crippen LogP contribution is -2.43. The van der Waals surface area contributed by atoms with Crippen molar-refractivity contribution in [2.75, 3.05) is 6.61 Å². The van der Waals surface area contributed by atoms with Gasteiger partial charge >= 0.3 is 6.03 Å². The first-order valence-electron chi connectivity index (χ1n) is 7.03. The molecule has 6 nitrogen and oxygen atoms in total. The number of nitrogens with one attached hydrogen (secondary N) is 2. The summed E-state index contributed by atoms with van der Waals surface area (Å²) in [6.45, 7) is 0.934. The fourth-order valence-corrected chi connectivity index (χ4v) is 2.56. The second-order valence-electron chi connectivity index (χ2n) is 5.06. The molecule has 1 fully saturated rings. The molecule has 116 valence electrons. The van der Waals surface area contributed by atoms with Crippen LogP contribution in [0.1, 0.15) is 23.8 Å². The maximum absolute atomic E-state index is 12.0. The highest BCUT2D eigenvalue weighted by atomic mass is 35.5. The number of benzene rings is 1. The fraction of sp³-hybridized carbons (Fsp3) is 0.333. The predicted molar refractivity (Wildman–Crippen MR) is 80.4 cm³/mol. The fourth-order valence-electron chi connectivity index (χ4n) is 2.44. The molecule has 2 amide bonds. The number of rotatable bonds is 4. The summed E-state index contributed by atoms with van der Waals surface area (Å²) in [6, 6.07) is 8.85. The van der Waals surface area contributed by atoms with Crippen LogP contribution in [0.2, 0.25) is 5.02 Å². The first kappa shape index (κ1) is 14.9. The van der Waals surface area contributed by atoms with Gasteiger partial charge in [-0.2, -0.15) is 0 Å². The Hall–Kier alpha value is -2.05. The van der Waals surface area contributed by atoms with Crippen LogP contribution in [0.4, 0.5) is 4.79 Å². The Balaban J connectivity index is 1.56. The third kappa shape index (κ3) is 3.58. The van der Waals surface area contributed by atoms with E-state index >= 15 is 0 Å². The molecule has 2 atom stereocenters. The van der Waals surface area contributed by atoms with Crippen LogP contribution in [0.3, 0.4) is 0 Å². The number of nitrogens with zero attached hydrogens (tertiary/aromatic N) is 1. The van der Waals surface area contributed by atoms with E-state index in [-0.39, 0.29) is 18.2 Å². The molecule has 2 heterocycles. The van der Waals surface area contributed by atoms with Gasteiger partial charge in [-0.05, 0) is 24.1 Å². The van der Waals surface area contributed by atoms with Gasteiger partial charge in [-0.25, -0.2) is 4.79 Å². The Morgan fingerprint density at radius 3 is 2.86 bits per heavy atom. The summed E-state index contributed by atoms with van der Waals surface area (Å²) in [5, 5.41) is 10.1. The zero-order chi connectivity index (χ0) is 15.4. The lowest BCUT2D eigenvalue weighted by molar-refractivity contribution is 0.0999. The summed E-state index contributed by atoms with van der Waals surface area (Å²) < 4.78 is 10.4. The van der Waals surface area contributed by atoms with Gasteiger partial charge in [-0.15, -0.1) is 0 Å². The zero-order valence-corrected chi connectivity index (χ0v) is 12.5. The molecule has 1 aromatic carbocycles. The van der Waals surface area contributed by atoms with Gasteiger partial charge in [0.05, 0.1) is 12.6 Å². The highest BCUT2D eigenvalue weighted by molar-refractivity contribution is 6.30. The number of ether oxygens (including phenoxy) is 1. The van der Waals surface area contributed by atoms with Crippen molar-refractivity contribution >= 4 is 17.6 Å². The van der Waals surface area contributed by atoms with Crippen LogP contribution in [0.5, 0.6) is 0 Å². The summed E-state index contributed by atoms with van der Waals surface area (Å²) in [5.41, 5.74) is 1.68. The molecule has 2 aromatic rings. The van der Waals surface area contributed by atoms with E-state index < -0.39 is 0 Å². The number of urea groups is 1. The average Bonchev–Trinajstić information content (AvgIpc) is 3.17. The van der Waals surface area contributed by atoms with Crippen LogP contribution in [0.25, 0.3) is 0 Å². The summed E-state index contributed by atoms with van der Waals surface area (Å²) in [7, 11) is 0. The van der Waals surface area contributed by atoms with Gasteiger partial charge in [0.1, 0.15) is 18.1 Å². The first-order chi connectivity index (χ1) is 10.7. The predicted octanol–water partition coefficient (Wildman–Crippen LogP) is 2.66. The Morgan fingerprint density at radius 2 is 2.14 bits per heavy atom. The van der Waals surface area contributed by atoms with Crippen molar-refractivity contribution in [1.82, 2.24) is 15.8 Å². The lowest BCUT2D eigenvalue weighted by atomic mass is 10.0. The zero-order valence-electron chi connectivity index (χ0n) is 11.8. The third-order valence-corrected chi connectivity index (χ3v) is 3.78. The summed E-state index contributed by atoms with van der Waals surface area (Å²) in [6.07, 6.45) is 2.08. The smallest absolute Gasteiger partial charge is 0.315 e. The maximum atomic E-state index is 12.0. The molecule has 0 aliphatic carbocycles. The molecule has 3 rings (SSSR count). The van der Waals surface area contributed by atoms with Gasteiger partial charge in [0.2, 0.25) is 0 Å². The molecule has 1 aliphatic heterocycles. The normalized spacial score (nSPS) is 20.8. The van der Waals surface area contributed by atoms with Gasteiger partial charge in [-0.1, -0.05) is 28.9 Å². The second-order valence-corrected chi connectivity index (χ2v) is 5.49. The first-order valence-corrected chi connectivity index (χ1v) is 7.41. The van der Waals surface area contributed by atoms with Crippen molar-refractivity contribution in [3.8, 4) is 0 Å². The van der Waals surface area contributed by atoms with Gasteiger partial charge in [0.25, 0.3) is 0 Å². The number of halogens is 1. The maximum Gasteiger partial charge on any atom is 0.315 e. The molecule has 0 bridgehead atoms.